The van der Waals surface area contributed by atoms with E-state index in [9.17, 15) is 8.42 Å². The summed E-state index contributed by atoms with van der Waals surface area (Å²) in [5, 5.41) is 0. The quantitative estimate of drug-likeness (QED) is 0.758. The highest BCUT2D eigenvalue weighted by molar-refractivity contribution is 7.81. The molecule has 1 aromatic carbocycles. The number of ether oxygens (including phenoxy) is 2. The number of benzene rings is 1. The van der Waals surface area contributed by atoms with E-state index in [1.807, 2.05) is 0 Å². The minimum atomic E-state index is -4.65. The van der Waals surface area contributed by atoms with Crippen LogP contribution in [0.4, 0.5) is 0 Å². The SMILES string of the molecule is COc1cc(CCN2CCCC2)cc(OC)c1OS(=O)(=O)O. The minimum Gasteiger partial charge on any atom is -0.493 e. The number of hydrogen-bond donors (Lipinski definition) is 1. The lowest BCUT2D eigenvalue weighted by Crippen LogP contribution is -2.22. The Balaban J connectivity index is 2.21. The van der Waals surface area contributed by atoms with Crippen molar-refractivity contribution in [3.05, 3.63) is 17.7 Å². The van der Waals surface area contributed by atoms with Gasteiger partial charge in [0.05, 0.1) is 14.2 Å². The zero-order valence-electron chi connectivity index (χ0n) is 12.7. The van der Waals surface area contributed by atoms with Gasteiger partial charge in [0.15, 0.2) is 11.5 Å². The molecule has 7 nitrogen and oxygen atoms in total. The topological polar surface area (TPSA) is 85.3 Å². The van der Waals surface area contributed by atoms with Crippen LogP contribution in [0.25, 0.3) is 0 Å². The normalized spacial score (nSPS) is 15.8. The van der Waals surface area contributed by atoms with Gasteiger partial charge < -0.3 is 18.6 Å². The third-order valence-corrected chi connectivity index (χ3v) is 4.00. The molecular formula is C14H21NO6S. The Morgan fingerprint density at radius 1 is 1.14 bits per heavy atom. The monoisotopic (exact) mass is 331 g/mol. The molecule has 1 aliphatic heterocycles. The van der Waals surface area contributed by atoms with Crippen molar-refractivity contribution in [1.29, 1.82) is 0 Å². The van der Waals surface area contributed by atoms with Gasteiger partial charge in [0.2, 0.25) is 5.75 Å². The van der Waals surface area contributed by atoms with Crippen molar-refractivity contribution in [3.63, 3.8) is 0 Å². The Morgan fingerprint density at radius 3 is 2.14 bits per heavy atom. The van der Waals surface area contributed by atoms with Crippen molar-refractivity contribution in [3.8, 4) is 17.2 Å². The summed E-state index contributed by atoms with van der Waals surface area (Å²) in [5.74, 6) is 0.249. The summed E-state index contributed by atoms with van der Waals surface area (Å²) < 4.78 is 45.6. The Labute approximate surface area is 130 Å². The molecular weight excluding hydrogens is 310 g/mol. The Kier molecular flexibility index (Phi) is 5.49. The molecule has 0 aliphatic carbocycles. The fourth-order valence-corrected chi connectivity index (χ4v) is 2.93. The van der Waals surface area contributed by atoms with E-state index in [1.54, 1.807) is 12.1 Å². The van der Waals surface area contributed by atoms with Gasteiger partial charge in [0, 0.05) is 6.54 Å². The third-order valence-electron chi connectivity index (χ3n) is 3.62. The molecule has 0 unspecified atom stereocenters. The van der Waals surface area contributed by atoms with E-state index in [0.717, 1.165) is 31.6 Å². The molecule has 0 spiro atoms. The van der Waals surface area contributed by atoms with Gasteiger partial charge in [-0.05, 0) is 50.0 Å². The standard InChI is InChI=1S/C14H21NO6S/c1-19-12-9-11(5-8-15-6-3-4-7-15)10-13(20-2)14(12)21-22(16,17)18/h9-10H,3-8H2,1-2H3,(H,16,17,18). The predicted octanol–water partition coefficient (Wildman–Crippen LogP) is 1.52. The maximum Gasteiger partial charge on any atom is 0.446 e. The lowest BCUT2D eigenvalue weighted by atomic mass is 10.1. The fraction of sp³-hybridized carbons (Fsp3) is 0.571. The molecule has 1 aliphatic rings. The average Bonchev–Trinajstić information content (AvgIpc) is 2.97. The van der Waals surface area contributed by atoms with Gasteiger partial charge in [-0.15, -0.1) is 0 Å². The zero-order chi connectivity index (χ0) is 16.2. The maximum atomic E-state index is 10.9. The molecule has 1 fully saturated rings. The van der Waals surface area contributed by atoms with Crippen LogP contribution in [-0.2, 0) is 16.8 Å². The fourth-order valence-electron chi connectivity index (χ4n) is 2.56. The summed E-state index contributed by atoms with van der Waals surface area (Å²) in [7, 11) is -1.85. The molecule has 0 saturated carbocycles. The van der Waals surface area contributed by atoms with Gasteiger partial charge in [0.1, 0.15) is 0 Å². The van der Waals surface area contributed by atoms with Crippen molar-refractivity contribution < 1.29 is 26.6 Å². The lowest BCUT2D eigenvalue weighted by Gasteiger charge is -2.17. The average molecular weight is 331 g/mol. The smallest absolute Gasteiger partial charge is 0.446 e. The number of rotatable bonds is 7. The summed E-state index contributed by atoms with van der Waals surface area (Å²) in [4.78, 5) is 2.38. The first kappa shape index (κ1) is 16.9. The number of methoxy groups -OCH3 is 2. The van der Waals surface area contributed by atoms with Gasteiger partial charge in [0.25, 0.3) is 0 Å². The second-order valence-electron chi connectivity index (χ2n) is 5.14. The van der Waals surface area contributed by atoms with Crippen molar-refractivity contribution >= 4 is 10.4 Å². The molecule has 0 atom stereocenters. The Bertz CT molecular complexity index is 585. The molecule has 8 heteroatoms. The highest BCUT2D eigenvalue weighted by Gasteiger charge is 2.20. The van der Waals surface area contributed by atoms with Gasteiger partial charge in [-0.1, -0.05) is 0 Å². The van der Waals surface area contributed by atoms with E-state index in [4.69, 9.17) is 14.0 Å². The van der Waals surface area contributed by atoms with E-state index < -0.39 is 10.4 Å². The molecule has 124 valence electrons. The van der Waals surface area contributed by atoms with Crippen LogP contribution >= 0.6 is 0 Å². The van der Waals surface area contributed by atoms with E-state index >= 15 is 0 Å². The second-order valence-corrected chi connectivity index (χ2v) is 6.16. The van der Waals surface area contributed by atoms with Crippen LogP contribution in [0.15, 0.2) is 12.1 Å². The van der Waals surface area contributed by atoms with Gasteiger partial charge in [-0.3, -0.25) is 4.55 Å². The van der Waals surface area contributed by atoms with Crippen LogP contribution in [0.3, 0.4) is 0 Å². The van der Waals surface area contributed by atoms with Crippen molar-refractivity contribution in [1.82, 2.24) is 4.90 Å². The van der Waals surface area contributed by atoms with E-state index in [0.29, 0.717) is 0 Å². The highest BCUT2D eigenvalue weighted by Crippen LogP contribution is 2.39. The first-order valence-electron chi connectivity index (χ1n) is 7.07. The number of likely N-dealkylation sites (tertiary alicyclic amines) is 1. The van der Waals surface area contributed by atoms with Crippen molar-refractivity contribution in [2.75, 3.05) is 33.9 Å². The van der Waals surface area contributed by atoms with Crippen LogP contribution in [0.2, 0.25) is 0 Å². The van der Waals surface area contributed by atoms with Crippen molar-refractivity contribution in [2.24, 2.45) is 0 Å². The molecule has 0 amide bonds. The van der Waals surface area contributed by atoms with Crippen molar-refractivity contribution in [2.45, 2.75) is 19.3 Å². The molecule has 22 heavy (non-hydrogen) atoms. The molecule has 1 saturated heterocycles. The molecule has 0 bridgehead atoms. The first-order valence-corrected chi connectivity index (χ1v) is 8.43. The second kappa shape index (κ2) is 7.17. The summed E-state index contributed by atoms with van der Waals surface area (Å²) in [6.07, 6.45) is 3.25. The summed E-state index contributed by atoms with van der Waals surface area (Å²) >= 11 is 0. The van der Waals surface area contributed by atoms with E-state index in [1.165, 1.54) is 27.1 Å². The molecule has 1 heterocycles. The zero-order valence-corrected chi connectivity index (χ0v) is 13.6. The number of nitrogens with zero attached hydrogens (tertiary/aromatic N) is 1. The number of hydrogen-bond acceptors (Lipinski definition) is 6. The van der Waals surface area contributed by atoms with Crippen LogP contribution < -0.4 is 13.7 Å². The summed E-state index contributed by atoms with van der Waals surface area (Å²) in [6.45, 7) is 3.14. The van der Waals surface area contributed by atoms with E-state index in [-0.39, 0.29) is 17.2 Å². The first-order chi connectivity index (χ1) is 10.4. The lowest BCUT2D eigenvalue weighted by molar-refractivity contribution is 0.333. The molecule has 0 radical (unpaired) electrons. The molecule has 2 rings (SSSR count). The van der Waals surface area contributed by atoms with Crippen LogP contribution in [-0.4, -0.2) is 51.7 Å². The Hall–Kier alpha value is -1.51. The third kappa shape index (κ3) is 4.49. The van der Waals surface area contributed by atoms with Gasteiger partial charge in [-0.25, -0.2) is 0 Å². The molecule has 1 aromatic rings. The molecule has 0 aromatic heterocycles. The van der Waals surface area contributed by atoms with Gasteiger partial charge >= 0.3 is 10.4 Å². The Morgan fingerprint density at radius 2 is 1.68 bits per heavy atom. The predicted molar refractivity (Wildman–Crippen MR) is 81.1 cm³/mol. The van der Waals surface area contributed by atoms with Gasteiger partial charge in [-0.2, -0.15) is 8.42 Å². The largest absolute Gasteiger partial charge is 0.493 e. The minimum absolute atomic E-state index is 0.155. The van der Waals surface area contributed by atoms with Crippen LogP contribution in [0.1, 0.15) is 18.4 Å². The maximum absolute atomic E-state index is 10.9. The van der Waals surface area contributed by atoms with E-state index in [2.05, 4.69) is 9.08 Å². The van der Waals surface area contributed by atoms with Crippen LogP contribution in [0.5, 0.6) is 17.2 Å². The summed E-state index contributed by atoms with van der Waals surface area (Å²) in [6, 6.07) is 3.39. The summed E-state index contributed by atoms with van der Waals surface area (Å²) in [5.41, 5.74) is 0.947. The molecule has 1 N–H and O–H groups in total. The van der Waals surface area contributed by atoms with Crippen LogP contribution in [0, 0.1) is 0 Å². The highest BCUT2D eigenvalue weighted by atomic mass is 32.3.